The molecule has 0 radical (unpaired) electrons. The highest BCUT2D eigenvalue weighted by Gasteiger charge is 2.39. The predicted octanol–water partition coefficient (Wildman–Crippen LogP) is 4.98. The van der Waals surface area contributed by atoms with Crippen molar-refractivity contribution < 1.29 is 14.6 Å². The summed E-state index contributed by atoms with van der Waals surface area (Å²) in [5.74, 6) is 0. The molecule has 3 aliphatic heterocycles. The zero-order valence-corrected chi connectivity index (χ0v) is 18.9. The summed E-state index contributed by atoms with van der Waals surface area (Å²) in [5, 5.41) is 14.0. The van der Waals surface area contributed by atoms with Crippen molar-refractivity contribution in [2.75, 3.05) is 25.0 Å². The van der Waals surface area contributed by atoms with Gasteiger partial charge < -0.3 is 14.7 Å². The van der Waals surface area contributed by atoms with Crippen molar-refractivity contribution in [2.45, 2.75) is 58.4 Å². The number of ether oxygens (including phenoxy) is 1. The molecular weight excluding hydrogens is 434 g/mol. The zero-order chi connectivity index (χ0) is 20.5. The third-order valence-electron chi connectivity index (χ3n) is 6.34. The molecular formula is C22H30BrN3O3. The number of fused-ring (bicyclic) bond motifs is 1. The van der Waals surface area contributed by atoms with Gasteiger partial charge in [-0.3, -0.25) is 5.01 Å². The first-order valence-electron chi connectivity index (χ1n) is 10.6. The maximum Gasteiger partial charge on any atom is 0.426 e. The van der Waals surface area contributed by atoms with Gasteiger partial charge in [-0.1, -0.05) is 15.9 Å². The second-order valence-corrected chi connectivity index (χ2v) is 9.16. The number of amides is 1. The molecule has 0 aromatic heterocycles. The number of nitrogens with zero attached hydrogens (tertiary/aromatic N) is 3. The van der Waals surface area contributed by atoms with Crippen molar-refractivity contribution >= 4 is 22.0 Å². The van der Waals surface area contributed by atoms with E-state index in [1.54, 1.807) is 11.8 Å². The fourth-order valence-corrected chi connectivity index (χ4v) is 5.35. The summed E-state index contributed by atoms with van der Waals surface area (Å²) in [6.45, 7) is 6.49. The number of carboxylic acid groups (broad SMARTS) is 1. The number of hydrogen-bond acceptors (Lipinski definition) is 4. The van der Waals surface area contributed by atoms with E-state index >= 15 is 0 Å². The third-order valence-corrected chi connectivity index (χ3v) is 6.90. The first-order chi connectivity index (χ1) is 14.0. The Balaban J connectivity index is 1.86. The maximum absolute atomic E-state index is 12.0. The van der Waals surface area contributed by atoms with Gasteiger partial charge in [0.25, 0.3) is 0 Å². The Morgan fingerprint density at radius 3 is 2.86 bits per heavy atom. The van der Waals surface area contributed by atoms with Crippen LogP contribution in [0.15, 0.2) is 46.2 Å². The minimum Gasteiger partial charge on any atom is -0.470 e. The summed E-state index contributed by atoms with van der Waals surface area (Å²) >= 11 is 3.48. The molecule has 0 aromatic carbocycles. The Hall–Kier alpha value is -1.89. The number of halogens is 1. The Bertz CT molecular complexity index is 814. The highest BCUT2D eigenvalue weighted by atomic mass is 79.9. The average molecular weight is 464 g/mol. The lowest BCUT2D eigenvalue weighted by atomic mass is 9.87. The topological polar surface area (TPSA) is 56.3 Å². The van der Waals surface area contributed by atoms with Crippen LogP contribution in [0, 0.1) is 0 Å². The van der Waals surface area contributed by atoms with Crippen molar-refractivity contribution in [2.24, 2.45) is 0 Å². The van der Waals surface area contributed by atoms with Crippen LogP contribution in [0.5, 0.6) is 0 Å². The molecule has 1 atom stereocenters. The van der Waals surface area contributed by atoms with E-state index in [9.17, 15) is 9.90 Å². The molecule has 4 aliphatic rings. The zero-order valence-electron chi connectivity index (χ0n) is 17.3. The van der Waals surface area contributed by atoms with Crippen LogP contribution in [-0.4, -0.2) is 57.1 Å². The number of hydrazine groups is 1. The molecule has 1 N–H and O–H groups in total. The van der Waals surface area contributed by atoms with Gasteiger partial charge >= 0.3 is 6.09 Å². The van der Waals surface area contributed by atoms with Gasteiger partial charge in [-0.15, -0.1) is 0 Å². The molecule has 0 saturated carbocycles. The monoisotopic (exact) mass is 463 g/mol. The van der Waals surface area contributed by atoms with Crippen molar-refractivity contribution in [3.63, 3.8) is 0 Å². The van der Waals surface area contributed by atoms with Crippen molar-refractivity contribution in [1.29, 1.82) is 0 Å². The summed E-state index contributed by atoms with van der Waals surface area (Å²) in [6.07, 6.45) is 8.92. The summed E-state index contributed by atoms with van der Waals surface area (Å²) in [4.78, 5) is 14.6. The fourth-order valence-electron chi connectivity index (χ4n) is 5.09. The van der Waals surface area contributed by atoms with Gasteiger partial charge in [0.15, 0.2) is 0 Å². The highest BCUT2D eigenvalue weighted by molar-refractivity contribution is 9.09. The smallest absolute Gasteiger partial charge is 0.426 e. The normalized spacial score (nSPS) is 28.9. The number of rotatable bonds is 3. The molecule has 4 rings (SSSR count). The highest BCUT2D eigenvalue weighted by Crippen LogP contribution is 2.44. The molecule has 1 aliphatic carbocycles. The van der Waals surface area contributed by atoms with Crippen LogP contribution in [-0.2, 0) is 4.74 Å². The van der Waals surface area contributed by atoms with Crippen LogP contribution in [0.3, 0.4) is 0 Å². The number of carbonyl (C=O) groups is 1. The van der Waals surface area contributed by atoms with Gasteiger partial charge in [-0.25, -0.2) is 9.80 Å². The first-order valence-corrected chi connectivity index (χ1v) is 11.7. The van der Waals surface area contributed by atoms with E-state index in [0.717, 1.165) is 61.7 Å². The van der Waals surface area contributed by atoms with Crippen LogP contribution in [0.4, 0.5) is 4.79 Å². The quantitative estimate of drug-likeness (QED) is 0.598. The lowest BCUT2D eigenvalue weighted by molar-refractivity contribution is 0.0481. The van der Waals surface area contributed by atoms with E-state index in [1.165, 1.54) is 21.9 Å². The largest absolute Gasteiger partial charge is 0.470 e. The molecule has 0 bridgehead atoms. The summed E-state index contributed by atoms with van der Waals surface area (Å²) in [6, 6.07) is 0.402. The minimum absolute atomic E-state index is 0.393. The molecule has 1 fully saturated rings. The molecule has 1 unspecified atom stereocenters. The van der Waals surface area contributed by atoms with Gasteiger partial charge in [0.2, 0.25) is 0 Å². The first kappa shape index (κ1) is 20.4. The number of hydrogen-bond donors (Lipinski definition) is 1. The fraction of sp³-hybridized carbons (Fsp3) is 0.591. The average Bonchev–Trinajstić information content (AvgIpc) is 3.27. The standard InChI is InChI=1S/C22H30BrN3O3/c1-15-11-16(2)24-10-7-17-5-3-6-18(21(17)24)19-12-26(22(27)28)25(9-4-8-23)20(19)14-29-13-15/h13-14,16H,3-12H2,1-2H3,(H,27,28)/b15-13-,19-18-,20-14?. The molecule has 0 spiro atoms. The summed E-state index contributed by atoms with van der Waals surface area (Å²) in [7, 11) is 0. The van der Waals surface area contributed by atoms with Gasteiger partial charge in [-0.2, -0.15) is 0 Å². The van der Waals surface area contributed by atoms with Crippen molar-refractivity contribution in [3.8, 4) is 0 Å². The molecule has 1 saturated heterocycles. The lowest BCUT2D eigenvalue weighted by Gasteiger charge is -2.33. The molecule has 3 heterocycles. The number of allylic oxidation sites excluding steroid dienone is 1. The molecule has 1 amide bonds. The SMILES string of the molecule is C/C1=C/OC=C2/C(=C3/CCCC4=C3N(CC4)C(C)C1)CN(C(=O)O)N2CCCBr. The van der Waals surface area contributed by atoms with Crippen molar-refractivity contribution in [1.82, 2.24) is 14.9 Å². The minimum atomic E-state index is -0.915. The predicted molar refractivity (Wildman–Crippen MR) is 116 cm³/mol. The van der Waals surface area contributed by atoms with Crippen LogP contribution >= 0.6 is 15.9 Å². The van der Waals surface area contributed by atoms with E-state index in [2.05, 4.69) is 34.7 Å². The summed E-state index contributed by atoms with van der Waals surface area (Å²) < 4.78 is 5.87. The van der Waals surface area contributed by atoms with E-state index < -0.39 is 6.09 Å². The van der Waals surface area contributed by atoms with Gasteiger partial charge in [0.1, 0.15) is 6.26 Å². The molecule has 158 valence electrons. The second kappa shape index (κ2) is 8.46. The third kappa shape index (κ3) is 3.81. The second-order valence-electron chi connectivity index (χ2n) is 8.37. The van der Waals surface area contributed by atoms with Crippen LogP contribution < -0.4 is 0 Å². The Kier molecular flexibility index (Phi) is 5.95. The molecule has 29 heavy (non-hydrogen) atoms. The Morgan fingerprint density at radius 2 is 2.10 bits per heavy atom. The van der Waals surface area contributed by atoms with Crippen LogP contribution in [0.1, 0.15) is 52.4 Å². The van der Waals surface area contributed by atoms with Gasteiger partial charge in [-0.05, 0) is 69.1 Å². The lowest BCUT2D eigenvalue weighted by Crippen LogP contribution is -2.40. The Labute approximate surface area is 181 Å². The Morgan fingerprint density at radius 1 is 1.28 bits per heavy atom. The molecule has 6 nitrogen and oxygen atoms in total. The summed E-state index contributed by atoms with van der Waals surface area (Å²) in [5.41, 5.74) is 7.48. The molecule has 0 aromatic rings. The van der Waals surface area contributed by atoms with Crippen molar-refractivity contribution in [3.05, 3.63) is 46.2 Å². The van der Waals surface area contributed by atoms with E-state index in [1.807, 2.05) is 11.3 Å². The van der Waals surface area contributed by atoms with Gasteiger partial charge in [0.05, 0.1) is 18.5 Å². The van der Waals surface area contributed by atoms with Gasteiger partial charge in [0, 0.05) is 35.7 Å². The van der Waals surface area contributed by atoms with Crippen LogP contribution in [0.2, 0.25) is 0 Å². The van der Waals surface area contributed by atoms with Crippen LogP contribution in [0.25, 0.3) is 0 Å². The number of alkyl halides is 1. The van der Waals surface area contributed by atoms with E-state index in [0.29, 0.717) is 19.1 Å². The van der Waals surface area contributed by atoms with E-state index in [4.69, 9.17) is 4.74 Å². The van der Waals surface area contributed by atoms with E-state index in [-0.39, 0.29) is 0 Å². The molecule has 7 heteroatoms. The maximum atomic E-state index is 12.0.